The van der Waals surface area contributed by atoms with Gasteiger partial charge in [0.2, 0.25) is 11.8 Å². The Morgan fingerprint density at radius 2 is 2.04 bits per heavy atom. The number of para-hydroxylation sites is 1. The lowest BCUT2D eigenvalue weighted by atomic mass is 10.0. The quantitative estimate of drug-likeness (QED) is 0.783. The Kier molecular flexibility index (Phi) is 5.75. The summed E-state index contributed by atoms with van der Waals surface area (Å²) in [5, 5.41) is 17.1. The molecule has 2 atom stereocenters. The number of nitrogens with one attached hydrogen (secondary N) is 1. The first-order chi connectivity index (χ1) is 13.0. The van der Waals surface area contributed by atoms with Gasteiger partial charge in [0.05, 0.1) is 24.6 Å². The van der Waals surface area contributed by atoms with E-state index in [4.69, 9.17) is 4.74 Å². The lowest BCUT2D eigenvalue weighted by Gasteiger charge is -2.16. The molecule has 2 N–H and O–H groups in total. The van der Waals surface area contributed by atoms with Crippen LogP contribution in [0.15, 0.2) is 36.5 Å². The Balaban J connectivity index is 1.83. The van der Waals surface area contributed by atoms with Crippen LogP contribution in [0.4, 0.5) is 0 Å². The van der Waals surface area contributed by atoms with E-state index >= 15 is 0 Å². The van der Waals surface area contributed by atoms with Crippen LogP contribution in [-0.4, -0.2) is 64.4 Å². The Hall–Kier alpha value is -2.87. The lowest BCUT2D eigenvalue weighted by molar-refractivity contribution is -0.122. The van der Waals surface area contributed by atoms with Gasteiger partial charge in [-0.2, -0.15) is 5.10 Å². The molecule has 144 valence electrons. The number of nitrogens with zero attached hydrogens (tertiary/aromatic N) is 3. The van der Waals surface area contributed by atoms with Gasteiger partial charge in [0.15, 0.2) is 0 Å². The zero-order valence-corrected chi connectivity index (χ0v) is 15.5. The van der Waals surface area contributed by atoms with E-state index in [0.717, 1.165) is 5.69 Å². The van der Waals surface area contributed by atoms with Gasteiger partial charge in [0, 0.05) is 32.5 Å². The molecule has 1 saturated heterocycles. The highest BCUT2D eigenvalue weighted by molar-refractivity contribution is 5.96. The van der Waals surface area contributed by atoms with Gasteiger partial charge in [0.25, 0.3) is 5.91 Å². The van der Waals surface area contributed by atoms with Gasteiger partial charge in [-0.1, -0.05) is 18.2 Å². The number of β-amino-alcohol motifs (C(OH)–C–C–N with tert-alkyl or cyclic N) is 1. The van der Waals surface area contributed by atoms with E-state index in [0.29, 0.717) is 24.6 Å². The minimum atomic E-state index is -0.731. The fourth-order valence-corrected chi connectivity index (χ4v) is 3.24. The third kappa shape index (κ3) is 3.95. The summed E-state index contributed by atoms with van der Waals surface area (Å²) in [6.45, 7) is 2.73. The van der Waals surface area contributed by atoms with Gasteiger partial charge >= 0.3 is 0 Å². The van der Waals surface area contributed by atoms with E-state index in [1.807, 2.05) is 37.3 Å². The number of amides is 2. The highest BCUT2D eigenvalue weighted by atomic mass is 16.5. The van der Waals surface area contributed by atoms with E-state index in [1.54, 1.807) is 16.6 Å². The number of carbonyl (C=O) groups is 2. The van der Waals surface area contributed by atoms with Crippen LogP contribution >= 0.6 is 0 Å². The topological polar surface area (TPSA) is 96.7 Å². The van der Waals surface area contributed by atoms with Crippen molar-refractivity contribution >= 4 is 11.8 Å². The normalized spacial score (nSPS) is 19.1. The van der Waals surface area contributed by atoms with E-state index in [9.17, 15) is 14.7 Å². The van der Waals surface area contributed by atoms with Crippen LogP contribution in [0.2, 0.25) is 0 Å². The predicted molar refractivity (Wildman–Crippen MR) is 98.8 cm³/mol. The van der Waals surface area contributed by atoms with Gasteiger partial charge in [-0.05, 0) is 19.1 Å². The molecule has 0 spiro atoms. The number of ether oxygens (including phenoxy) is 1. The Labute approximate surface area is 157 Å². The molecule has 1 aromatic heterocycles. The average Bonchev–Trinajstić information content (AvgIpc) is 3.26. The fourth-order valence-electron chi connectivity index (χ4n) is 3.24. The fraction of sp³-hybridized carbons (Fsp3) is 0.421. The average molecular weight is 372 g/mol. The van der Waals surface area contributed by atoms with Crippen LogP contribution in [0.1, 0.15) is 23.7 Å². The van der Waals surface area contributed by atoms with Gasteiger partial charge in [-0.15, -0.1) is 0 Å². The van der Waals surface area contributed by atoms with Crippen LogP contribution in [0.25, 0.3) is 5.69 Å². The van der Waals surface area contributed by atoms with Gasteiger partial charge < -0.3 is 20.1 Å². The molecule has 2 heterocycles. The number of aliphatic hydroxyl groups excluding tert-OH is 1. The van der Waals surface area contributed by atoms with E-state index in [2.05, 4.69) is 10.4 Å². The Morgan fingerprint density at radius 3 is 2.70 bits per heavy atom. The largest absolute Gasteiger partial charge is 0.477 e. The number of aliphatic hydroxyl groups is 1. The van der Waals surface area contributed by atoms with Crippen molar-refractivity contribution in [2.45, 2.75) is 19.4 Å². The highest BCUT2D eigenvalue weighted by Crippen LogP contribution is 2.27. The molecule has 2 amide bonds. The second kappa shape index (κ2) is 8.22. The monoisotopic (exact) mass is 372 g/mol. The SMILES string of the molecule is CCOc1c(C(=O)N2C[C@@H](CC(=O)NC)[C@H](O)C2)cnn1-c1ccccc1. The molecule has 0 saturated carbocycles. The van der Waals surface area contributed by atoms with E-state index in [-0.39, 0.29) is 30.7 Å². The molecular formula is C19H24N4O4. The molecular weight excluding hydrogens is 348 g/mol. The molecule has 8 heteroatoms. The second-order valence-electron chi connectivity index (χ2n) is 6.46. The van der Waals surface area contributed by atoms with Crippen LogP contribution in [0, 0.1) is 5.92 Å². The number of carbonyl (C=O) groups excluding carboxylic acids is 2. The molecule has 0 aliphatic carbocycles. The lowest BCUT2D eigenvalue weighted by Crippen LogP contribution is -2.30. The second-order valence-corrected chi connectivity index (χ2v) is 6.46. The molecule has 2 aromatic rings. The van der Waals surface area contributed by atoms with Crippen molar-refractivity contribution in [1.82, 2.24) is 20.0 Å². The van der Waals surface area contributed by atoms with E-state index < -0.39 is 6.10 Å². The Bertz CT molecular complexity index is 805. The van der Waals surface area contributed by atoms with Gasteiger partial charge in [-0.3, -0.25) is 9.59 Å². The summed E-state index contributed by atoms with van der Waals surface area (Å²) < 4.78 is 7.29. The number of hydrogen-bond donors (Lipinski definition) is 2. The van der Waals surface area contributed by atoms with Gasteiger partial charge in [-0.25, -0.2) is 4.68 Å². The first-order valence-electron chi connectivity index (χ1n) is 8.99. The minimum absolute atomic E-state index is 0.153. The van der Waals surface area contributed by atoms with Crippen molar-refractivity contribution in [3.8, 4) is 11.6 Å². The summed E-state index contributed by atoms with van der Waals surface area (Å²) in [5.74, 6) is -0.328. The van der Waals surface area contributed by atoms with Gasteiger partial charge in [0.1, 0.15) is 5.56 Å². The zero-order valence-electron chi connectivity index (χ0n) is 15.5. The minimum Gasteiger partial charge on any atom is -0.477 e. The third-order valence-corrected chi connectivity index (χ3v) is 4.66. The third-order valence-electron chi connectivity index (χ3n) is 4.66. The molecule has 0 radical (unpaired) electrons. The summed E-state index contributed by atoms with van der Waals surface area (Å²) in [7, 11) is 1.55. The van der Waals surface area contributed by atoms with E-state index in [1.165, 1.54) is 6.20 Å². The molecule has 1 fully saturated rings. The zero-order chi connectivity index (χ0) is 19.4. The first-order valence-corrected chi connectivity index (χ1v) is 8.99. The first kappa shape index (κ1) is 18.9. The summed E-state index contributed by atoms with van der Waals surface area (Å²) in [6, 6.07) is 9.42. The van der Waals surface area contributed by atoms with Crippen molar-refractivity contribution in [2.75, 3.05) is 26.7 Å². The van der Waals surface area contributed by atoms with Crippen molar-refractivity contribution in [2.24, 2.45) is 5.92 Å². The molecule has 1 aliphatic heterocycles. The molecule has 27 heavy (non-hydrogen) atoms. The van der Waals surface area contributed by atoms with Crippen LogP contribution in [-0.2, 0) is 4.79 Å². The molecule has 0 bridgehead atoms. The molecule has 1 aliphatic rings. The number of rotatable bonds is 6. The maximum absolute atomic E-state index is 13.0. The number of hydrogen-bond acceptors (Lipinski definition) is 5. The number of benzene rings is 1. The summed E-state index contributed by atoms with van der Waals surface area (Å²) in [5.41, 5.74) is 1.13. The van der Waals surface area contributed by atoms with Crippen LogP contribution in [0.3, 0.4) is 0 Å². The molecule has 0 unspecified atom stereocenters. The number of likely N-dealkylation sites (tertiary alicyclic amines) is 1. The van der Waals surface area contributed by atoms with Crippen molar-refractivity contribution < 1.29 is 19.4 Å². The predicted octanol–water partition coefficient (Wildman–Crippen LogP) is 0.840. The van der Waals surface area contributed by atoms with Crippen molar-refractivity contribution in [1.29, 1.82) is 0 Å². The summed E-state index contributed by atoms with van der Waals surface area (Å²) in [4.78, 5) is 26.2. The molecule has 8 nitrogen and oxygen atoms in total. The van der Waals surface area contributed by atoms with Crippen LogP contribution < -0.4 is 10.1 Å². The van der Waals surface area contributed by atoms with Crippen molar-refractivity contribution in [3.63, 3.8) is 0 Å². The Morgan fingerprint density at radius 1 is 1.30 bits per heavy atom. The van der Waals surface area contributed by atoms with Crippen LogP contribution in [0.5, 0.6) is 5.88 Å². The maximum Gasteiger partial charge on any atom is 0.261 e. The maximum atomic E-state index is 13.0. The standard InChI is InChI=1S/C19H24N4O4/c1-3-27-19-15(10-21-23(19)14-7-5-4-6-8-14)18(26)22-11-13(16(24)12-22)9-17(25)20-2/h4-8,10,13,16,24H,3,9,11-12H2,1-2H3,(H,20,25)/t13-,16-/m1/s1. The number of aromatic nitrogens is 2. The summed E-state index contributed by atoms with van der Waals surface area (Å²) >= 11 is 0. The smallest absolute Gasteiger partial charge is 0.261 e. The highest BCUT2D eigenvalue weighted by Gasteiger charge is 2.37. The molecule has 1 aromatic carbocycles. The molecule has 3 rings (SSSR count). The summed E-state index contributed by atoms with van der Waals surface area (Å²) in [6.07, 6.45) is 0.938. The van der Waals surface area contributed by atoms with Crippen molar-refractivity contribution in [3.05, 3.63) is 42.1 Å².